The van der Waals surface area contributed by atoms with Crippen molar-refractivity contribution < 1.29 is 17.9 Å². The van der Waals surface area contributed by atoms with Gasteiger partial charge in [0.2, 0.25) is 0 Å². The van der Waals surface area contributed by atoms with E-state index in [0.717, 1.165) is 38.0 Å². The number of hydrogen-bond acceptors (Lipinski definition) is 2. The number of benzene rings is 1. The number of nitrogens with zero attached hydrogens (tertiary/aromatic N) is 1. The van der Waals surface area contributed by atoms with E-state index in [-0.39, 0.29) is 11.5 Å². The molecule has 0 bridgehead atoms. The summed E-state index contributed by atoms with van der Waals surface area (Å²) in [6, 6.07) is 5.89. The lowest BCUT2D eigenvalue weighted by Crippen LogP contribution is -2.36. The summed E-state index contributed by atoms with van der Waals surface area (Å²) in [7, 11) is 3.81. The summed E-state index contributed by atoms with van der Waals surface area (Å²) in [5, 5.41) is 0. The lowest BCUT2D eigenvalue weighted by Gasteiger charge is -2.34. The van der Waals surface area contributed by atoms with Gasteiger partial charge in [-0.2, -0.15) is 13.2 Å². The molecule has 168 valence electrons. The number of methoxy groups -OCH3 is 1. The molecule has 1 atom stereocenters. The van der Waals surface area contributed by atoms with Crippen LogP contribution in [0.4, 0.5) is 13.2 Å². The molecule has 0 heterocycles. The first-order chi connectivity index (χ1) is 13.4. The Bertz CT molecular complexity index is 585. The van der Waals surface area contributed by atoms with Crippen LogP contribution in [0.5, 0.6) is 0 Å². The van der Waals surface area contributed by atoms with Crippen molar-refractivity contribution in [3.8, 4) is 0 Å². The van der Waals surface area contributed by atoms with E-state index in [1.807, 2.05) is 6.92 Å². The fourth-order valence-electron chi connectivity index (χ4n) is 3.05. The molecule has 0 fully saturated rings. The van der Waals surface area contributed by atoms with E-state index >= 15 is 0 Å². The molecule has 0 aliphatic rings. The van der Waals surface area contributed by atoms with Gasteiger partial charge in [-0.25, -0.2) is 0 Å². The zero-order chi connectivity index (χ0) is 22.7. The van der Waals surface area contributed by atoms with Gasteiger partial charge in [0.1, 0.15) is 0 Å². The van der Waals surface area contributed by atoms with E-state index in [0.29, 0.717) is 0 Å². The first-order valence-electron chi connectivity index (χ1n) is 10.4. The molecule has 5 heteroatoms. The van der Waals surface area contributed by atoms with Crippen LogP contribution in [0.2, 0.25) is 0 Å². The van der Waals surface area contributed by atoms with Crippen molar-refractivity contribution in [1.82, 2.24) is 4.90 Å². The molecule has 2 nitrogen and oxygen atoms in total. The summed E-state index contributed by atoms with van der Waals surface area (Å²) in [5.74, 6) is 0. The maximum Gasteiger partial charge on any atom is 0.416 e. The Hall–Kier alpha value is -1.33. The molecule has 0 saturated heterocycles. The van der Waals surface area contributed by atoms with Gasteiger partial charge in [0.25, 0.3) is 0 Å². The van der Waals surface area contributed by atoms with E-state index in [4.69, 9.17) is 0 Å². The zero-order valence-corrected chi connectivity index (χ0v) is 19.5. The van der Waals surface area contributed by atoms with E-state index in [1.54, 1.807) is 19.2 Å². The van der Waals surface area contributed by atoms with Gasteiger partial charge in [-0.15, -0.1) is 0 Å². The smallest absolute Gasteiger partial charge is 0.385 e. The van der Waals surface area contributed by atoms with Crippen LogP contribution >= 0.6 is 0 Å². The highest BCUT2D eigenvalue weighted by Crippen LogP contribution is 2.34. The summed E-state index contributed by atoms with van der Waals surface area (Å²) in [5.41, 5.74) is 1.40. The highest BCUT2D eigenvalue weighted by Gasteiger charge is 2.31. The second-order valence-electron chi connectivity index (χ2n) is 8.39. The fraction of sp³-hybridized carbons (Fsp3) is 0.667. The van der Waals surface area contributed by atoms with E-state index in [1.165, 1.54) is 17.7 Å². The first kappa shape index (κ1) is 27.7. The maximum atomic E-state index is 12.8. The zero-order valence-electron chi connectivity index (χ0n) is 19.5. The lowest BCUT2D eigenvalue weighted by molar-refractivity contribution is -0.137. The van der Waals surface area contributed by atoms with Crippen LogP contribution in [0.15, 0.2) is 35.9 Å². The summed E-state index contributed by atoms with van der Waals surface area (Å²) >= 11 is 0. The molecule has 0 N–H and O–H groups in total. The monoisotopic (exact) mass is 415 g/mol. The summed E-state index contributed by atoms with van der Waals surface area (Å²) in [6.07, 6.45) is 1.14. The number of rotatable bonds is 9. The van der Waals surface area contributed by atoms with Gasteiger partial charge in [0.15, 0.2) is 0 Å². The molecular weight excluding hydrogens is 375 g/mol. The molecule has 29 heavy (non-hydrogen) atoms. The Morgan fingerprint density at radius 3 is 1.93 bits per heavy atom. The third-order valence-electron chi connectivity index (χ3n) is 4.96. The standard InChI is InChI=1S/C21H32F3N.C3H8O/c1-7-8-13-25(6)19(14-16(2)3)15-20(4,5)17-9-11-18(12-10-17)21(22,23)24;1-3-4-2/h9-12,14,19H,7-8,13,15H2,1-6H3;3H2,1-2H3. The molecule has 0 saturated carbocycles. The second kappa shape index (κ2) is 13.1. The molecule has 0 amide bonds. The second-order valence-corrected chi connectivity index (χ2v) is 8.39. The topological polar surface area (TPSA) is 12.5 Å². The highest BCUT2D eigenvalue weighted by atomic mass is 19.4. The molecule has 0 radical (unpaired) electrons. The van der Waals surface area contributed by atoms with Gasteiger partial charge in [-0.05, 0) is 70.3 Å². The summed E-state index contributed by atoms with van der Waals surface area (Å²) in [4.78, 5) is 2.35. The molecular formula is C24H40F3NO. The molecule has 0 aliphatic carbocycles. The van der Waals surface area contributed by atoms with Crippen LogP contribution < -0.4 is 0 Å². The van der Waals surface area contributed by atoms with Crippen LogP contribution in [0.25, 0.3) is 0 Å². The number of unbranched alkanes of at least 4 members (excludes halogenated alkanes) is 1. The van der Waals surface area contributed by atoms with Gasteiger partial charge in [-0.1, -0.05) is 51.0 Å². The number of likely N-dealkylation sites (N-methyl/N-ethyl adjacent to an activating group) is 1. The third-order valence-corrected chi connectivity index (χ3v) is 4.96. The first-order valence-corrected chi connectivity index (χ1v) is 10.4. The Morgan fingerprint density at radius 2 is 1.55 bits per heavy atom. The largest absolute Gasteiger partial charge is 0.416 e. The predicted molar refractivity (Wildman–Crippen MR) is 117 cm³/mol. The van der Waals surface area contributed by atoms with Crippen LogP contribution in [-0.2, 0) is 16.3 Å². The van der Waals surface area contributed by atoms with Gasteiger partial charge < -0.3 is 4.74 Å². The van der Waals surface area contributed by atoms with Crippen molar-refractivity contribution in [2.75, 3.05) is 27.3 Å². The number of alkyl halides is 3. The van der Waals surface area contributed by atoms with Crippen molar-refractivity contribution in [2.24, 2.45) is 0 Å². The predicted octanol–water partition coefficient (Wildman–Crippen LogP) is 7.09. The maximum absolute atomic E-state index is 12.8. The number of hydrogen-bond donors (Lipinski definition) is 0. The number of allylic oxidation sites excluding steroid dienone is 1. The Morgan fingerprint density at radius 1 is 1.07 bits per heavy atom. The van der Waals surface area contributed by atoms with Crippen molar-refractivity contribution >= 4 is 0 Å². The van der Waals surface area contributed by atoms with Crippen molar-refractivity contribution in [3.63, 3.8) is 0 Å². The lowest BCUT2D eigenvalue weighted by atomic mass is 9.78. The normalized spacial score (nSPS) is 13.0. The third kappa shape index (κ3) is 10.9. The summed E-state index contributed by atoms with van der Waals surface area (Å²) < 4.78 is 42.9. The number of halogens is 3. The minimum Gasteiger partial charge on any atom is -0.385 e. The fourth-order valence-corrected chi connectivity index (χ4v) is 3.05. The Balaban J connectivity index is 0.00000178. The van der Waals surface area contributed by atoms with Gasteiger partial charge in [0, 0.05) is 19.8 Å². The molecule has 0 spiro atoms. The SMILES string of the molecule is CCCCN(C)C(C=C(C)C)CC(C)(C)c1ccc(C(F)(F)F)cc1.CCOC. The molecule has 0 aliphatic heterocycles. The van der Waals surface area contributed by atoms with Gasteiger partial charge in [0.05, 0.1) is 5.56 Å². The molecule has 1 aromatic carbocycles. The van der Waals surface area contributed by atoms with E-state index in [9.17, 15) is 13.2 Å². The van der Waals surface area contributed by atoms with Crippen molar-refractivity contribution in [3.05, 3.63) is 47.0 Å². The van der Waals surface area contributed by atoms with Crippen molar-refractivity contribution in [2.45, 2.75) is 78.4 Å². The quantitative estimate of drug-likeness (QED) is 0.399. The van der Waals surface area contributed by atoms with Crippen LogP contribution in [0, 0.1) is 0 Å². The van der Waals surface area contributed by atoms with Crippen LogP contribution in [0.3, 0.4) is 0 Å². The van der Waals surface area contributed by atoms with E-state index < -0.39 is 11.7 Å². The highest BCUT2D eigenvalue weighted by molar-refractivity contribution is 5.30. The molecule has 0 aromatic heterocycles. The molecule has 1 rings (SSSR count). The van der Waals surface area contributed by atoms with E-state index in [2.05, 4.69) is 57.4 Å². The minimum absolute atomic E-state index is 0.207. The Kier molecular flexibility index (Phi) is 12.5. The van der Waals surface area contributed by atoms with Gasteiger partial charge >= 0.3 is 6.18 Å². The number of ether oxygens (including phenoxy) is 1. The Labute approximate surface area is 176 Å². The molecule has 1 aromatic rings. The minimum atomic E-state index is -4.28. The van der Waals surface area contributed by atoms with Gasteiger partial charge in [-0.3, -0.25) is 4.90 Å². The summed E-state index contributed by atoms with van der Waals surface area (Å²) in [6.45, 7) is 14.4. The van der Waals surface area contributed by atoms with Crippen LogP contribution in [-0.4, -0.2) is 38.3 Å². The average molecular weight is 416 g/mol. The molecule has 1 unspecified atom stereocenters. The van der Waals surface area contributed by atoms with Crippen molar-refractivity contribution in [1.29, 1.82) is 0 Å². The average Bonchev–Trinajstić information content (AvgIpc) is 2.64. The van der Waals surface area contributed by atoms with Crippen LogP contribution in [0.1, 0.15) is 71.9 Å².